The van der Waals surface area contributed by atoms with Gasteiger partial charge in [0.15, 0.2) is 0 Å². The Bertz CT molecular complexity index is 308. The standard InChI is InChI=1S/C15H24O.CH2O/c1-13(2)9-5-3-4-6-10-14-11-7-8-12-15(14)16;1-2/h7-8,11-13,16H,3-6,9-10H2,1-2H3;1H2. The number of rotatable bonds is 7. The largest absolute Gasteiger partial charge is 0.508 e. The minimum Gasteiger partial charge on any atom is -0.508 e. The maximum absolute atomic E-state index is 9.59. The van der Waals surface area contributed by atoms with Gasteiger partial charge in [0.1, 0.15) is 12.5 Å². The van der Waals surface area contributed by atoms with Gasteiger partial charge in [-0.1, -0.05) is 57.7 Å². The van der Waals surface area contributed by atoms with Gasteiger partial charge in [-0.15, -0.1) is 0 Å². The van der Waals surface area contributed by atoms with E-state index in [0.29, 0.717) is 5.75 Å². The predicted octanol–water partition coefficient (Wildman–Crippen LogP) is 4.36. The zero-order valence-electron chi connectivity index (χ0n) is 11.7. The molecule has 0 aliphatic heterocycles. The Hall–Kier alpha value is -1.31. The summed E-state index contributed by atoms with van der Waals surface area (Å²) in [6.45, 7) is 6.56. The zero-order chi connectivity index (χ0) is 13.8. The van der Waals surface area contributed by atoms with E-state index in [1.807, 2.05) is 25.0 Å². The summed E-state index contributed by atoms with van der Waals surface area (Å²) in [5, 5.41) is 9.59. The van der Waals surface area contributed by atoms with Gasteiger partial charge in [0, 0.05) is 0 Å². The van der Waals surface area contributed by atoms with Crippen molar-refractivity contribution in [3.63, 3.8) is 0 Å². The van der Waals surface area contributed by atoms with E-state index in [0.717, 1.165) is 17.9 Å². The highest BCUT2D eigenvalue weighted by molar-refractivity contribution is 5.31. The molecule has 1 aromatic rings. The molecule has 0 fully saturated rings. The highest BCUT2D eigenvalue weighted by atomic mass is 16.3. The third-order valence-corrected chi connectivity index (χ3v) is 2.97. The number of unbranched alkanes of at least 4 members (excludes halogenated alkanes) is 3. The third-order valence-electron chi connectivity index (χ3n) is 2.97. The van der Waals surface area contributed by atoms with Crippen molar-refractivity contribution in [2.45, 2.75) is 52.4 Å². The molecular weight excluding hydrogens is 224 g/mol. The van der Waals surface area contributed by atoms with Gasteiger partial charge in [-0.2, -0.15) is 0 Å². The molecule has 0 unspecified atom stereocenters. The van der Waals surface area contributed by atoms with E-state index >= 15 is 0 Å². The lowest BCUT2D eigenvalue weighted by Gasteiger charge is -2.05. The molecule has 0 amide bonds. The van der Waals surface area contributed by atoms with Crippen LogP contribution in [0.15, 0.2) is 24.3 Å². The summed E-state index contributed by atoms with van der Waals surface area (Å²) in [4.78, 5) is 8.00. The van der Waals surface area contributed by atoms with Crippen molar-refractivity contribution < 1.29 is 9.90 Å². The first-order chi connectivity index (χ1) is 8.70. The third kappa shape index (κ3) is 7.88. The second kappa shape index (κ2) is 10.8. The van der Waals surface area contributed by atoms with Crippen molar-refractivity contribution in [2.24, 2.45) is 5.92 Å². The fourth-order valence-corrected chi connectivity index (χ4v) is 1.94. The molecule has 102 valence electrons. The van der Waals surface area contributed by atoms with Crippen LogP contribution in [0.5, 0.6) is 5.75 Å². The number of carbonyl (C=O) groups is 1. The van der Waals surface area contributed by atoms with Gasteiger partial charge in [0.2, 0.25) is 0 Å². The van der Waals surface area contributed by atoms with E-state index in [1.165, 1.54) is 32.1 Å². The topological polar surface area (TPSA) is 37.3 Å². The average Bonchev–Trinajstić information content (AvgIpc) is 2.38. The number of hydrogen-bond donors (Lipinski definition) is 1. The normalized spacial score (nSPS) is 9.94. The molecule has 1 aromatic carbocycles. The number of carbonyl (C=O) groups excluding carboxylic acids is 1. The number of benzene rings is 1. The van der Waals surface area contributed by atoms with Crippen LogP contribution in [0, 0.1) is 5.92 Å². The molecule has 0 aromatic heterocycles. The van der Waals surface area contributed by atoms with Gasteiger partial charge < -0.3 is 9.90 Å². The number of phenols is 1. The second-order valence-electron chi connectivity index (χ2n) is 4.98. The lowest BCUT2D eigenvalue weighted by atomic mass is 10.0. The van der Waals surface area contributed by atoms with Crippen molar-refractivity contribution >= 4 is 6.79 Å². The maximum Gasteiger partial charge on any atom is 0.118 e. The molecule has 2 heteroatoms. The van der Waals surface area contributed by atoms with Crippen molar-refractivity contribution in [3.05, 3.63) is 29.8 Å². The first-order valence-corrected chi connectivity index (χ1v) is 6.76. The van der Waals surface area contributed by atoms with Gasteiger partial charge in [-0.05, 0) is 30.4 Å². The van der Waals surface area contributed by atoms with Crippen LogP contribution in [0.2, 0.25) is 0 Å². The van der Waals surface area contributed by atoms with Crippen LogP contribution in [-0.2, 0) is 11.2 Å². The van der Waals surface area contributed by atoms with Crippen LogP contribution >= 0.6 is 0 Å². The summed E-state index contributed by atoms with van der Waals surface area (Å²) in [6.07, 6.45) is 7.49. The molecule has 2 nitrogen and oxygen atoms in total. The summed E-state index contributed by atoms with van der Waals surface area (Å²) in [5.41, 5.74) is 1.09. The Morgan fingerprint density at radius 1 is 1.06 bits per heavy atom. The van der Waals surface area contributed by atoms with Gasteiger partial charge in [-0.3, -0.25) is 0 Å². The molecule has 0 radical (unpaired) electrons. The molecule has 0 aliphatic carbocycles. The number of phenolic OH excluding ortho intramolecular Hbond substituents is 1. The maximum atomic E-state index is 9.59. The highest BCUT2D eigenvalue weighted by Gasteiger charge is 1.99. The quantitative estimate of drug-likeness (QED) is 0.730. The number of para-hydroxylation sites is 1. The Kier molecular flexibility index (Phi) is 10.0. The number of aromatic hydroxyl groups is 1. The second-order valence-corrected chi connectivity index (χ2v) is 4.98. The zero-order valence-corrected chi connectivity index (χ0v) is 11.7. The lowest BCUT2D eigenvalue weighted by Crippen LogP contribution is -1.89. The van der Waals surface area contributed by atoms with Gasteiger partial charge >= 0.3 is 0 Å². The van der Waals surface area contributed by atoms with Crippen molar-refractivity contribution in [2.75, 3.05) is 0 Å². The van der Waals surface area contributed by atoms with Crippen LogP contribution in [0.25, 0.3) is 0 Å². The van der Waals surface area contributed by atoms with Gasteiger partial charge in [0.25, 0.3) is 0 Å². The lowest BCUT2D eigenvalue weighted by molar-refractivity contribution is -0.0979. The van der Waals surface area contributed by atoms with Crippen LogP contribution in [0.3, 0.4) is 0 Å². The molecule has 1 N–H and O–H groups in total. The van der Waals surface area contributed by atoms with Crippen LogP contribution < -0.4 is 0 Å². The molecule has 1 rings (SSSR count). The first-order valence-electron chi connectivity index (χ1n) is 6.76. The summed E-state index contributed by atoms with van der Waals surface area (Å²) < 4.78 is 0. The fourth-order valence-electron chi connectivity index (χ4n) is 1.94. The summed E-state index contributed by atoms with van der Waals surface area (Å²) in [5.74, 6) is 1.28. The minimum absolute atomic E-state index is 0.449. The van der Waals surface area contributed by atoms with Gasteiger partial charge in [0.05, 0.1) is 0 Å². The Morgan fingerprint density at radius 2 is 1.67 bits per heavy atom. The van der Waals surface area contributed by atoms with Gasteiger partial charge in [-0.25, -0.2) is 0 Å². The molecule has 0 bridgehead atoms. The van der Waals surface area contributed by atoms with E-state index < -0.39 is 0 Å². The monoisotopic (exact) mass is 250 g/mol. The smallest absolute Gasteiger partial charge is 0.118 e. The number of aryl methyl sites for hydroxylation is 1. The summed E-state index contributed by atoms with van der Waals surface area (Å²) in [6, 6.07) is 7.66. The summed E-state index contributed by atoms with van der Waals surface area (Å²) >= 11 is 0. The van der Waals surface area contributed by atoms with E-state index in [2.05, 4.69) is 13.8 Å². The summed E-state index contributed by atoms with van der Waals surface area (Å²) in [7, 11) is 0. The molecule has 18 heavy (non-hydrogen) atoms. The van der Waals surface area contributed by atoms with Crippen molar-refractivity contribution in [1.82, 2.24) is 0 Å². The highest BCUT2D eigenvalue weighted by Crippen LogP contribution is 2.19. The molecule has 0 spiro atoms. The Labute approximate surface area is 111 Å². The molecule has 0 heterocycles. The van der Waals surface area contributed by atoms with Crippen molar-refractivity contribution in [1.29, 1.82) is 0 Å². The van der Waals surface area contributed by atoms with Crippen molar-refractivity contribution in [3.8, 4) is 5.75 Å². The Balaban J connectivity index is 0.00000137. The SMILES string of the molecule is C=O.CC(C)CCCCCCc1ccccc1O. The van der Waals surface area contributed by atoms with E-state index in [4.69, 9.17) is 4.79 Å². The van der Waals surface area contributed by atoms with E-state index in [9.17, 15) is 5.11 Å². The first kappa shape index (κ1) is 16.7. The molecular formula is C16H26O2. The number of hydrogen-bond acceptors (Lipinski definition) is 2. The predicted molar refractivity (Wildman–Crippen MR) is 76.9 cm³/mol. The molecule has 0 saturated heterocycles. The molecule has 0 saturated carbocycles. The van der Waals surface area contributed by atoms with Crippen LogP contribution in [0.1, 0.15) is 51.5 Å². The van der Waals surface area contributed by atoms with Crippen LogP contribution in [-0.4, -0.2) is 11.9 Å². The fraction of sp³-hybridized carbons (Fsp3) is 0.562. The van der Waals surface area contributed by atoms with Crippen LogP contribution in [0.4, 0.5) is 0 Å². The average molecular weight is 250 g/mol. The molecule has 0 atom stereocenters. The molecule has 0 aliphatic rings. The van der Waals surface area contributed by atoms with E-state index in [1.54, 1.807) is 6.07 Å². The van der Waals surface area contributed by atoms with E-state index in [-0.39, 0.29) is 0 Å². The minimum atomic E-state index is 0.449. The Morgan fingerprint density at radius 3 is 2.28 bits per heavy atom.